The molecule has 0 aliphatic rings. The van der Waals surface area contributed by atoms with Crippen LogP contribution in [-0.4, -0.2) is 15.0 Å². The number of aromatic nitrogens is 3. The molecule has 3 N–H and O–H groups in total. The summed E-state index contributed by atoms with van der Waals surface area (Å²) in [6.07, 6.45) is 0. The number of hydrogen-bond donors (Lipinski definition) is 3. The van der Waals surface area contributed by atoms with Crippen molar-refractivity contribution in [3.8, 4) is 0 Å². The van der Waals surface area contributed by atoms with E-state index in [2.05, 4.69) is 46.8 Å². The molecule has 0 amide bonds. The fourth-order valence-corrected chi connectivity index (χ4v) is 3.41. The molecule has 0 fully saturated rings. The lowest BCUT2D eigenvalue weighted by atomic mass is 10.3. The van der Waals surface area contributed by atoms with E-state index in [1.54, 1.807) is 24.3 Å². The molecule has 0 aliphatic carbocycles. The second-order valence-electron chi connectivity index (χ2n) is 6.21. The second-order valence-corrected chi connectivity index (χ2v) is 8.00. The molecule has 1 aromatic heterocycles. The molecule has 150 valence electrons. The van der Waals surface area contributed by atoms with Crippen molar-refractivity contribution < 1.29 is 0 Å². The summed E-state index contributed by atoms with van der Waals surface area (Å²) in [5.41, 5.74) is 2.35. The molecule has 30 heavy (non-hydrogen) atoms. The number of rotatable bonds is 6. The molecular formula is C21H15BrCl2N6. The van der Waals surface area contributed by atoms with Crippen molar-refractivity contribution in [3.63, 3.8) is 0 Å². The van der Waals surface area contributed by atoms with E-state index in [0.717, 1.165) is 21.5 Å². The van der Waals surface area contributed by atoms with Gasteiger partial charge in [-0.15, -0.1) is 0 Å². The zero-order valence-corrected chi connectivity index (χ0v) is 18.5. The van der Waals surface area contributed by atoms with Crippen LogP contribution in [0.5, 0.6) is 0 Å². The summed E-state index contributed by atoms with van der Waals surface area (Å²) in [6.45, 7) is 0. The molecule has 0 unspecified atom stereocenters. The molecule has 0 bridgehead atoms. The van der Waals surface area contributed by atoms with Crippen LogP contribution in [0.3, 0.4) is 0 Å². The molecule has 4 rings (SSSR count). The first-order valence-corrected chi connectivity index (χ1v) is 10.4. The van der Waals surface area contributed by atoms with E-state index in [9.17, 15) is 0 Å². The minimum absolute atomic E-state index is 0.356. The maximum absolute atomic E-state index is 6.08. The summed E-state index contributed by atoms with van der Waals surface area (Å²) < 4.78 is 0.941. The number of benzene rings is 3. The number of halogens is 3. The van der Waals surface area contributed by atoms with Crippen LogP contribution >= 0.6 is 39.1 Å². The van der Waals surface area contributed by atoms with Crippen molar-refractivity contribution in [1.82, 2.24) is 15.0 Å². The lowest BCUT2D eigenvalue weighted by Gasteiger charge is -2.12. The van der Waals surface area contributed by atoms with Gasteiger partial charge in [0, 0.05) is 31.6 Å². The fourth-order valence-electron chi connectivity index (χ4n) is 2.63. The van der Waals surface area contributed by atoms with Gasteiger partial charge in [0.1, 0.15) is 0 Å². The van der Waals surface area contributed by atoms with Crippen LogP contribution in [0.2, 0.25) is 10.0 Å². The van der Waals surface area contributed by atoms with Gasteiger partial charge in [-0.3, -0.25) is 0 Å². The molecule has 0 radical (unpaired) electrons. The third-order valence-electron chi connectivity index (χ3n) is 3.88. The van der Waals surface area contributed by atoms with Gasteiger partial charge in [0.05, 0.1) is 0 Å². The standard InChI is InChI=1S/C21H15BrCl2N6/c22-13-4-1-7-16(10-13)25-19-28-20(26-17-8-2-5-14(23)11-17)30-21(29-19)27-18-9-3-6-15(24)12-18/h1-12H,(H3,25,26,27,28,29,30). The summed E-state index contributed by atoms with van der Waals surface area (Å²) in [6, 6.07) is 22.3. The molecule has 1 heterocycles. The highest BCUT2D eigenvalue weighted by molar-refractivity contribution is 9.10. The van der Waals surface area contributed by atoms with Gasteiger partial charge in [0.25, 0.3) is 0 Å². The van der Waals surface area contributed by atoms with Crippen LogP contribution in [0.4, 0.5) is 34.9 Å². The zero-order chi connectivity index (χ0) is 20.9. The summed E-state index contributed by atoms with van der Waals surface area (Å²) in [5.74, 6) is 1.08. The highest BCUT2D eigenvalue weighted by Crippen LogP contribution is 2.24. The second kappa shape index (κ2) is 9.30. The third-order valence-corrected chi connectivity index (χ3v) is 4.84. The van der Waals surface area contributed by atoms with E-state index >= 15 is 0 Å². The van der Waals surface area contributed by atoms with E-state index in [1.807, 2.05) is 48.5 Å². The lowest BCUT2D eigenvalue weighted by Crippen LogP contribution is -2.07. The van der Waals surface area contributed by atoms with Crippen molar-refractivity contribution in [1.29, 1.82) is 0 Å². The Morgan fingerprint density at radius 3 is 1.37 bits per heavy atom. The van der Waals surface area contributed by atoms with E-state index in [-0.39, 0.29) is 0 Å². The maximum atomic E-state index is 6.08. The lowest BCUT2D eigenvalue weighted by molar-refractivity contribution is 1.06. The Hall–Kier alpha value is -2.87. The van der Waals surface area contributed by atoms with Gasteiger partial charge >= 0.3 is 0 Å². The van der Waals surface area contributed by atoms with Gasteiger partial charge in [0.2, 0.25) is 17.8 Å². The Labute approximate surface area is 191 Å². The van der Waals surface area contributed by atoms with Crippen LogP contribution in [0, 0.1) is 0 Å². The Morgan fingerprint density at radius 1 is 0.567 bits per heavy atom. The average Bonchev–Trinajstić information content (AvgIpc) is 2.68. The first-order chi connectivity index (χ1) is 14.5. The molecule has 9 heteroatoms. The molecule has 0 spiro atoms. The monoisotopic (exact) mass is 500 g/mol. The number of nitrogens with zero attached hydrogens (tertiary/aromatic N) is 3. The highest BCUT2D eigenvalue weighted by Gasteiger charge is 2.09. The van der Waals surface area contributed by atoms with E-state index in [4.69, 9.17) is 23.2 Å². The third kappa shape index (κ3) is 5.60. The zero-order valence-electron chi connectivity index (χ0n) is 15.4. The summed E-state index contributed by atoms with van der Waals surface area (Å²) >= 11 is 15.6. The predicted molar refractivity (Wildman–Crippen MR) is 127 cm³/mol. The van der Waals surface area contributed by atoms with Gasteiger partial charge < -0.3 is 16.0 Å². The molecule has 0 aliphatic heterocycles. The van der Waals surface area contributed by atoms with Crippen LogP contribution in [-0.2, 0) is 0 Å². The molecule has 0 atom stereocenters. The average molecular weight is 502 g/mol. The Balaban J connectivity index is 1.67. The summed E-state index contributed by atoms with van der Waals surface area (Å²) in [7, 11) is 0. The molecule has 3 aromatic carbocycles. The summed E-state index contributed by atoms with van der Waals surface area (Å²) in [4.78, 5) is 13.4. The highest BCUT2D eigenvalue weighted by atomic mass is 79.9. The molecule has 6 nitrogen and oxygen atoms in total. The normalized spacial score (nSPS) is 10.5. The first kappa shape index (κ1) is 20.4. The minimum atomic E-state index is 0.356. The van der Waals surface area contributed by atoms with Crippen LogP contribution in [0.15, 0.2) is 77.3 Å². The van der Waals surface area contributed by atoms with Crippen LogP contribution in [0.25, 0.3) is 0 Å². The largest absolute Gasteiger partial charge is 0.324 e. The number of anilines is 6. The topological polar surface area (TPSA) is 74.8 Å². The van der Waals surface area contributed by atoms with Crippen molar-refractivity contribution in [2.75, 3.05) is 16.0 Å². The first-order valence-electron chi connectivity index (χ1n) is 8.87. The van der Waals surface area contributed by atoms with Crippen molar-refractivity contribution in [2.24, 2.45) is 0 Å². The van der Waals surface area contributed by atoms with E-state index < -0.39 is 0 Å². The quantitative estimate of drug-likeness (QED) is 0.260. The van der Waals surface area contributed by atoms with Crippen LogP contribution in [0.1, 0.15) is 0 Å². The smallest absolute Gasteiger partial charge is 0.233 e. The molecule has 4 aromatic rings. The van der Waals surface area contributed by atoms with Gasteiger partial charge in [-0.2, -0.15) is 15.0 Å². The van der Waals surface area contributed by atoms with Crippen molar-refractivity contribution in [3.05, 3.63) is 87.3 Å². The van der Waals surface area contributed by atoms with E-state index in [1.165, 1.54) is 0 Å². The van der Waals surface area contributed by atoms with Gasteiger partial charge in [0.15, 0.2) is 0 Å². The van der Waals surface area contributed by atoms with Gasteiger partial charge in [-0.25, -0.2) is 0 Å². The van der Waals surface area contributed by atoms with Crippen molar-refractivity contribution >= 4 is 74.0 Å². The van der Waals surface area contributed by atoms with Gasteiger partial charge in [-0.05, 0) is 54.6 Å². The Kier molecular flexibility index (Phi) is 6.32. The SMILES string of the molecule is Clc1cccc(Nc2nc(Nc3cccc(Cl)c3)nc(Nc3cccc(Br)c3)n2)c1. The molecular weight excluding hydrogens is 487 g/mol. The van der Waals surface area contributed by atoms with Crippen LogP contribution < -0.4 is 16.0 Å². The predicted octanol–water partition coefficient (Wildman–Crippen LogP) is 7.17. The van der Waals surface area contributed by atoms with Crippen molar-refractivity contribution in [2.45, 2.75) is 0 Å². The summed E-state index contributed by atoms with van der Waals surface area (Å²) in [5, 5.41) is 10.7. The number of hydrogen-bond acceptors (Lipinski definition) is 6. The maximum Gasteiger partial charge on any atom is 0.233 e. The van der Waals surface area contributed by atoms with Gasteiger partial charge in [-0.1, -0.05) is 57.3 Å². The molecule has 0 saturated heterocycles. The number of nitrogens with one attached hydrogen (secondary N) is 3. The van der Waals surface area contributed by atoms with E-state index in [0.29, 0.717) is 27.9 Å². The minimum Gasteiger partial charge on any atom is -0.324 e. The fraction of sp³-hybridized carbons (Fsp3) is 0. The Morgan fingerprint density at radius 2 is 0.967 bits per heavy atom. The Bertz CT molecular complexity index is 1030. The molecule has 0 saturated carbocycles.